The fourth-order valence-electron chi connectivity index (χ4n) is 7.63. The van der Waals surface area contributed by atoms with Crippen LogP contribution in [0.4, 0.5) is 4.79 Å². The highest BCUT2D eigenvalue weighted by atomic mass is 32.2. The van der Waals surface area contributed by atoms with E-state index in [-0.39, 0.29) is 36.7 Å². The molecule has 0 fully saturated rings. The molecule has 0 spiro atoms. The van der Waals surface area contributed by atoms with Gasteiger partial charge in [0.25, 0.3) is 5.91 Å². The number of ether oxygens (including phenoxy) is 4. The monoisotopic (exact) mass is 1060 g/mol. The predicted octanol–water partition coefficient (Wildman–Crippen LogP) is 6.17. The SMILES string of the molecule is C/C=C(\C)[C@@H](OC(=O)[C@H](N)CCCCNC(=O)OC(C)(C)C)[C@@H](C)[C@H](C/C=C(\C)C(=O)O[C@H](CC(C)C)C(=O)N[C@@H](C)C(=O)N(C)[C@H](Cc1ccccc1)C(=O)N(C)CC(=O)N[C@H](C(=O)O)C(C)CC)OCSC. The molecule has 1 aromatic carbocycles. The van der Waals surface area contributed by atoms with Gasteiger partial charge in [0, 0.05) is 38.6 Å². The number of benzene rings is 1. The molecule has 0 heterocycles. The molecule has 19 nitrogen and oxygen atoms in total. The van der Waals surface area contributed by atoms with Crippen LogP contribution < -0.4 is 21.7 Å². The maximum absolute atomic E-state index is 14.1. The van der Waals surface area contributed by atoms with Crippen molar-refractivity contribution in [2.24, 2.45) is 23.5 Å². The van der Waals surface area contributed by atoms with Gasteiger partial charge in [0.1, 0.15) is 35.9 Å². The minimum absolute atomic E-state index is 0.0639. The molecule has 1 rings (SSSR count). The number of hydrogen-bond donors (Lipinski definition) is 5. The van der Waals surface area contributed by atoms with Gasteiger partial charge in [0.2, 0.25) is 17.7 Å². The number of unbranched alkanes of at least 4 members (excludes halogenated alkanes) is 1. The van der Waals surface area contributed by atoms with Crippen LogP contribution in [-0.2, 0) is 58.9 Å². The quantitative estimate of drug-likeness (QED) is 0.0135. The molecule has 0 saturated heterocycles. The summed E-state index contributed by atoms with van der Waals surface area (Å²) >= 11 is 1.45. The highest BCUT2D eigenvalue weighted by molar-refractivity contribution is 7.98. The number of rotatable bonds is 32. The Morgan fingerprint density at radius 1 is 0.905 bits per heavy atom. The standard InChI is InChI=1S/C54H88N6O13S/c1-16-34(5)45(50(65)66)58-44(61)31-59(13)49(64)41(30-39-23-19-18-20-24-39)60(14)48(63)38(9)57-47(62)43(29-33(3)4)71-51(67)36(7)26-27-42(70-32-74-15)37(8)46(35(6)17-2)72-52(68)40(55)25-21-22-28-56-53(69)73-54(10,11)12/h17-20,23-24,26,33-34,37-38,40-43,45-46H,16,21-22,25,27-32,55H2,1-15H3,(H,56,69)(H,57,62)(H,58,61)(H,65,66)/b35-17+,36-26+/t34?,37-,38-,40+,41+,42-,43+,45-,46+/m0/s1. The Morgan fingerprint density at radius 2 is 1.54 bits per heavy atom. The summed E-state index contributed by atoms with van der Waals surface area (Å²) in [6.07, 6.45) is 4.68. The largest absolute Gasteiger partial charge is 0.480 e. The number of alkyl carbamates (subject to hydrolysis) is 1. The Labute approximate surface area is 444 Å². The van der Waals surface area contributed by atoms with Crippen LogP contribution in [0.15, 0.2) is 53.6 Å². The molecule has 6 N–H and O–H groups in total. The first-order valence-electron chi connectivity index (χ1n) is 25.5. The third kappa shape index (κ3) is 24.3. The second-order valence-corrected chi connectivity index (χ2v) is 21.2. The minimum Gasteiger partial charge on any atom is -0.480 e. The number of nitrogens with one attached hydrogen (secondary N) is 3. The second-order valence-electron chi connectivity index (χ2n) is 20.4. The summed E-state index contributed by atoms with van der Waals surface area (Å²) < 4.78 is 23.3. The van der Waals surface area contributed by atoms with Crippen molar-refractivity contribution in [3.63, 3.8) is 0 Å². The van der Waals surface area contributed by atoms with Gasteiger partial charge >= 0.3 is 24.0 Å². The summed E-state index contributed by atoms with van der Waals surface area (Å²) in [5.74, 6) is -5.74. The molecule has 9 atom stereocenters. The molecule has 0 saturated carbocycles. The fraction of sp³-hybridized carbons (Fsp3) is 0.667. The van der Waals surface area contributed by atoms with E-state index in [1.807, 2.05) is 47.0 Å². The second kappa shape index (κ2) is 33.4. The van der Waals surface area contributed by atoms with Crippen LogP contribution in [0.3, 0.4) is 0 Å². The van der Waals surface area contributed by atoms with E-state index in [1.54, 1.807) is 78.0 Å². The molecule has 1 aromatic rings. The molecule has 0 radical (unpaired) electrons. The van der Waals surface area contributed by atoms with Gasteiger partial charge in [-0.1, -0.05) is 83.5 Å². The molecule has 0 aliphatic carbocycles. The number of nitrogens with two attached hydrogens (primary N) is 1. The minimum atomic E-state index is -1.29. The average molecular weight is 1060 g/mol. The van der Waals surface area contributed by atoms with Crippen LogP contribution in [-0.4, -0.2) is 150 Å². The Morgan fingerprint density at radius 3 is 2.09 bits per heavy atom. The Hall–Kier alpha value is -5.47. The molecular formula is C54H88N6O13S. The number of esters is 2. The summed E-state index contributed by atoms with van der Waals surface area (Å²) in [5, 5.41) is 17.6. The molecule has 20 heteroatoms. The molecule has 5 amide bonds. The first kappa shape index (κ1) is 66.5. The molecule has 418 valence electrons. The number of carbonyl (C=O) groups is 8. The van der Waals surface area contributed by atoms with Crippen LogP contribution in [0.25, 0.3) is 0 Å². The van der Waals surface area contributed by atoms with E-state index in [0.29, 0.717) is 38.2 Å². The highest BCUT2D eigenvalue weighted by Gasteiger charge is 2.36. The van der Waals surface area contributed by atoms with Crippen molar-refractivity contribution in [2.75, 3.05) is 39.4 Å². The summed E-state index contributed by atoms with van der Waals surface area (Å²) in [4.78, 5) is 108. The van der Waals surface area contributed by atoms with E-state index in [0.717, 1.165) is 16.0 Å². The topological polar surface area (TPSA) is 262 Å². The Kier molecular flexibility index (Phi) is 30.1. The van der Waals surface area contributed by atoms with Crippen LogP contribution in [0.2, 0.25) is 0 Å². The lowest BCUT2D eigenvalue weighted by atomic mass is 9.90. The van der Waals surface area contributed by atoms with Gasteiger partial charge in [-0.15, -0.1) is 11.8 Å². The molecule has 74 heavy (non-hydrogen) atoms. The Balaban J connectivity index is 3.21. The van der Waals surface area contributed by atoms with Crippen LogP contribution >= 0.6 is 11.8 Å². The average Bonchev–Trinajstić information content (AvgIpc) is 3.33. The van der Waals surface area contributed by atoms with Gasteiger partial charge in [-0.25, -0.2) is 14.4 Å². The molecule has 1 unspecified atom stereocenters. The van der Waals surface area contributed by atoms with Crippen molar-refractivity contribution in [1.82, 2.24) is 25.8 Å². The van der Waals surface area contributed by atoms with Crippen molar-refractivity contribution < 1.29 is 62.4 Å². The van der Waals surface area contributed by atoms with Crippen molar-refractivity contribution >= 4 is 59.4 Å². The van der Waals surface area contributed by atoms with Crippen molar-refractivity contribution in [1.29, 1.82) is 0 Å². The van der Waals surface area contributed by atoms with Crippen molar-refractivity contribution in [2.45, 2.75) is 176 Å². The number of nitrogens with zero attached hydrogens (tertiary/aromatic N) is 2. The maximum atomic E-state index is 14.1. The normalized spacial score (nSPS) is 15.7. The third-order valence-corrected chi connectivity index (χ3v) is 12.8. The van der Waals surface area contributed by atoms with E-state index in [9.17, 15) is 43.5 Å². The molecule has 0 aromatic heterocycles. The number of likely N-dealkylation sites (N-methyl/N-ethyl adjacent to an activating group) is 2. The zero-order valence-corrected chi connectivity index (χ0v) is 47.4. The van der Waals surface area contributed by atoms with Gasteiger partial charge in [-0.2, -0.15) is 0 Å². The third-order valence-electron chi connectivity index (χ3n) is 12.4. The van der Waals surface area contributed by atoms with Gasteiger partial charge < -0.3 is 55.5 Å². The summed E-state index contributed by atoms with van der Waals surface area (Å²) in [6.45, 7) is 21.0. The van der Waals surface area contributed by atoms with E-state index in [2.05, 4.69) is 16.0 Å². The first-order valence-corrected chi connectivity index (χ1v) is 26.9. The van der Waals surface area contributed by atoms with E-state index < -0.39 is 108 Å². The van der Waals surface area contributed by atoms with Crippen LogP contribution in [0, 0.1) is 17.8 Å². The van der Waals surface area contributed by atoms with Crippen molar-refractivity contribution in [3.05, 3.63) is 59.2 Å². The van der Waals surface area contributed by atoms with Gasteiger partial charge in [-0.05, 0) is 110 Å². The number of aliphatic carboxylic acids is 1. The van der Waals surface area contributed by atoms with Crippen LogP contribution in [0.5, 0.6) is 0 Å². The molecule has 0 aliphatic heterocycles. The summed E-state index contributed by atoms with van der Waals surface area (Å²) in [7, 11) is 2.81. The maximum Gasteiger partial charge on any atom is 0.407 e. The summed E-state index contributed by atoms with van der Waals surface area (Å²) in [5.41, 5.74) is 7.35. The molecule has 0 bridgehead atoms. The lowest BCUT2D eigenvalue weighted by Crippen LogP contribution is -2.56. The smallest absolute Gasteiger partial charge is 0.407 e. The Bertz CT molecular complexity index is 2040. The van der Waals surface area contributed by atoms with Gasteiger partial charge in [0.05, 0.1) is 18.6 Å². The number of carbonyl (C=O) groups excluding carboxylic acids is 7. The number of thioether (sulfide) groups is 1. The van der Waals surface area contributed by atoms with Gasteiger partial charge in [0.15, 0.2) is 6.10 Å². The van der Waals surface area contributed by atoms with E-state index >= 15 is 0 Å². The predicted molar refractivity (Wildman–Crippen MR) is 286 cm³/mol. The number of amides is 5. The van der Waals surface area contributed by atoms with E-state index in [4.69, 9.17) is 24.7 Å². The zero-order chi connectivity index (χ0) is 56.5. The molecule has 0 aliphatic rings. The lowest BCUT2D eigenvalue weighted by molar-refractivity contribution is -0.154. The highest BCUT2D eigenvalue weighted by Crippen LogP contribution is 2.27. The number of hydrogen-bond acceptors (Lipinski definition) is 14. The van der Waals surface area contributed by atoms with Crippen LogP contribution in [0.1, 0.15) is 127 Å². The number of carboxylic acids is 1. The fourth-order valence-corrected chi connectivity index (χ4v) is 7.94. The zero-order valence-electron chi connectivity index (χ0n) is 46.6. The number of carboxylic acid groups (broad SMARTS) is 1. The lowest BCUT2D eigenvalue weighted by Gasteiger charge is -2.33. The van der Waals surface area contributed by atoms with Crippen molar-refractivity contribution in [3.8, 4) is 0 Å². The number of allylic oxidation sites excluding steroid dienone is 1. The summed E-state index contributed by atoms with van der Waals surface area (Å²) in [6, 6.07) is 4.57. The van der Waals surface area contributed by atoms with Gasteiger partial charge in [-0.3, -0.25) is 24.0 Å². The first-order chi connectivity index (χ1) is 34.6. The van der Waals surface area contributed by atoms with E-state index in [1.165, 1.54) is 37.7 Å². The molecular weight excluding hydrogens is 973 g/mol.